The number of carbonyl (C=O) groups is 1. The number of amides is 1. The van der Waals surface area contributed by atoms with E-state index in [2.05, 4.69) is 24.0 Å². The lowest BCUT2D eigenvalue weighted by Crippen LogP contribution is -2.30. The van der Waals surface area contributed by atoms with E-state index in [0.29, 0.717) is 17.2 Å². The van der Waals surface area contributed by atoms with Crippen LogP contribution in [-0.2, 0) is 13.0 Å². The van der Waals surface area contributed by atoms with Crippen LogP contribution in [0.25, 0.3) is 21.0 Å². The first kappa shape index (κ1) is 19.4. The van der Waals surface area contributed by atoms with Crippen LogP contribution in [0.4, 0.5) is 5.13 Å². The average molecular weight is 424 g/mol. The zero-order valence-electron chi connectivity index (χ0n) is 17.2. The number of hydrogen-bond acceptors (Lipinski definition) is 4. The van der Waals surface area contributed by atoms with Gasteiger partial charge in [-0.05, 0) is 52.6 Å². The van der Waals surface area contributed by atoms with E-state index in [9.17, 15) is 4.79 Å². The zero-order chi connectivity index (χ0) is 21.2. The number of pyridine rings is 1. The molecule has 0 bridgehead atoms. The fraction of sp³-hybridized carbons (Fsp3) is 0.115. The minimum absolute atomic E-state index is 0.0598. The van der Waals surface area contributed by atoms with E-state index in [1.807, 2.05) is 60.7 Å². The molecule has 2 heterocycles. The van der Waals surface area contributed by atoms with Gasteiger partial charge in [0.15, 0.2) is 5.13 Å². The first-order chi connectivity index (χ1) is 15.2. The predicted octanol–water partition coefficient (Wildman–Crippen LogP) is 6.25. The molecule has 0 aliphatic rings. The fourth-order valence-electron chi connectivity index (χ4n) is 3.75. The van der Waals surface area contributed by atoms with Gasteiger partial charge in [-0.15, -0.1) is 0 Å². The molecule has 5 heteroatoms. The lowest BCUT2D eigenvalue weighted by molar-refractivity contribution is 0.0986. The van der Waals surface area contributed by atoms with Gasteiger partial charge in [0.25, 0.3) is 5.91 Å². The van der Waals surface area contributed by atoms with Crippen molar-refractivity contribution in [3.05, 3.63) is 102 Å². The number of aryl methyl sites for hydroxylation is 1. The molecular weight excluding hydrogens is 402 g/mol. The van der Waals surface area contributed by atoms with Crippen LogP contribution in [0.15, 0.2) is 85.2 Å². The fourth-order valence-corrected chi connectivity index (χ4v) is 4.78. The number of thiazole rings is 1. The van der Waals surface area contributed by atoms with Crippen molar-refractivity contribution in [1.82, 2.24) is 9.97 Å². The molecule has 0 N–H and O–H groups in total. The molecule has 0 saturated carbocycles. The van der Waals surface area contributed by atoms with Gasteiger partial charge in [-0.2, -0.15) is 0 Å². The van der Waals surface area contributed by atoms with E-state index in [-0.39, 0.29) is 5.91 Å². The maximum Gasteiger partial charge on any atom is 0.261 e. The molecule has 0 unspecified atom stereocenters. The Balaban J connectivity index is 1.62. The van der Waals surface area contributed by atoms with Gasteiger partial charge in [-0.1, -0.05) is 66.8 Å². The highest BCUT2D eigenvalue weighted by atomic mass is 32.1. The molecule has 0 spiro atoms. The van der Waals surface area contributed by atoms with Gasteiger partial charge in [-0.3, -0.25) is 14.7 Å². The number of fused-ring (bicyclic) bond motifs is 2. The first-order valence-electron chi connectivity index (χ1n) is 10.3. The molecule has 0 saturated heterocycles. The molecule has 4 nitrogen and oxygen atoms in total. The number of rotatable bonds is 5. The number of aromatic nitrogens is 2. The highest BCUT2D eigenvalue weighted by Crippen LogP contribution is 2.32. The van der Waals surface area contributed by atoms with Crippen molar-refractivity contribution in [1.29, 1.82) is 0 Å². The lowest BCUT2D eigenvalue weighted by Gasteiger charge is -2.21. The van der Waals surface area contributed by atoms with Gasteiger partial charge in [-0.25, -0.2) is 4.98 Å². The summed E-state index contributed by atoms with van der Waals surface area (Å²) in [5, 5.41) is 2.69. The normalized spacial score (nSPS) is 11.1. The van der Waals surface area contributed by atoms with Gasteiger partial charge in [0.05, 0.1) is 16.8 Å². The van der Waals surface area contributed by atoms with Crippen molar-refractivity contribution in [3.8, 4) is 0 Å². The number of benzene rings is 3. The van der Waals surface area contributed by atoms with Crippen LogP contribution in [-0.4, -0.2) is 15.9 Å². The Hall–Kier alpha value is -3.57. The molecule has 1 amide bonds. The highest BCUT2D eigenvalue weighted by Gasteiger charge is 2.23. The molecule has 5 aromatic rings. The Morgan fingerprint density at radius 2 is 1.84 bits per heavy atom. The van der Waals surface area contributed by atoms with Crippen LogP contribution in [0.3, 0.4) is 0 Å². The quantitative estimate of drug-likeness (QED) is 0.335. The Kier molecular flexibility index (Phi) is 5.18. The monoisotopic (exact) mass is 423 g/mol. The second-order valence-corrected chi connectivity index (χ2v) is 8.44. The van der Waals surface area contributed by atoms with Crippen molar-refractivity contribution < 1.29 is 4.79 Å². The molecule has 0 radical (unpaired) electrons. The molecule has 152 valence electrons. The van der Waals surface area contributed by atoms with Crippen LogP contribution < -0.4 is 4.90 Å². The summed E-state index contributed by atoms with van der Waals surface area (Å²) in [7, 11) is 0. The van der Waals surface area contributed by atoms with Gasteiger partial charge < -0.3 is 0 Å². The topological polar surface area (TPSA) is 46.1 Å². The summed E-state index contributed by atoms with van der Waals surface area (Å²) in [5.74, 6) is -0.0598. The summed E-state index contributed by atoms with van der Waals surface area (Å²) in [4.78, 5) is 24.6. The first-order valence-corrected chi connectivity index (χ1v) is 11.1. The van der Waals surface area contributed by atoms with Crippen LogP contribution in [0.1, 0.15) is 28.4 Å². The third-order valence-corrected chi connectivity index (χ3v) is 6.45. The summed E-state index contributed by atoms with van der Waals surface area (Å²) in [6.07, 6.45) is 4.51. The maximum absolute atomic E-state index is 13.8. The van der Waals surface area contributed by atoms with E-state index in [0.717, 1.165) is 33.0 Å². The molecule has 31 heavy (non-hydrogen) atoms. The third-order valence-electron chi connectivity index (χ3n) is 5.41. The van der Waals surface area contributed by atoms with Gasteiger partial charge in [0.1, 0.15) is 0 Å². The van der Waals surface area contributed by atoms with E-state index in [1.54, 1.807) is 28.6 Å². The number of anilines is 1. The minimum Gasteiger partial charge on any atom is -0.279 e. The van der Waals surface area contributed by atoms with Crippen molar-refractivity contribution in [3.63, 3.8) is 0 Å². The second-order valence-electron chi connectivity index (χ2n) is 7.43. The van der Waals surface area contributed by atoms with Gasteiger partial charge in [0, 0.05) is 18.0 Å². The Morgan fingerprint density at radius 1 is 0.968 bits per heavy atom. The standard InChI is InChI=1S/C26H21N3OS/c1-2-18-12-13-23-24(15-18)31-26(28-23)29(17-19-7-6-14-27-16-19)25(30)22-11-5-9-20-8-3-4-10-21(20)22/h3-16H,2,17H2,1H3. The summed E-state index contributed by atoms with van der Waals surface area (Å²) in [6.45, 7) is 2.55. The van der Waals surface area contributed by atoms with Crippen LogP contribution >= 0.6 is 11.3 Å². The highest BCUT2D eigenvalue weighted by molar-refractivity contribution is 7.22. The molecule has 0 aliphatic carbocycles. The molecule has 2 aromatic heterocycles. The number of carbonyl (C=O) groups excluding carboxylic acids is 1. The average Bonchev–Trinajstić information content (AvgIpc) is 3.25. The van der Waals surface area contributed by atoms with Gasteiger partial charge in [0.2, 0.25) is 0 Å². The molecule has 0 aliphatic heterocycles. The van der Waals surface area contributed by atoms with E-state index in [1.165, 1.54) is 5.56 Å². The van der Waals surface area contributed by atoms with Crippen molar-refractivity contribution in [2.45, 2.75) is 19.9 Å². The predicted molar refractivity (Wildman–Crippen MR) is 128 cm³/mol. The summed E-state index contributed by atoms with van der Waals surface area (Å²) < 4.78 is 1.09. The molecule has 0 fully saturated rings. The molecule has 3 aromatic carbocycles. The van der Waals surface area contributed by atoms with Crippen molar-refractivity contribution in [2.75, 3.05) is 4.90 Å². The zero-order valence-corrected chi connectivity index (χ0v) is 18.0. The second kappa shape index (κ2) is 8.28. The van der Waals surface area contributed by atoms with E-state index < -0.39 is 0 Å². The summed E-state index contributed by atoms with van der Waals surface area (Å²) >= 11 is 1.56. The molecular formula is C26H21N3OS. The van der Waals surface area contributed by atoms with E-state index in [4.69, 9.17) is 4.98 Å². The van der Waals surface area contributed by atoms with Crippen LogP contribution in [0.5, 0.6) is 0 Å². The van der Waals surface area contributed by atoms with Gasteiger partial charge >= 0.3 is 0 Å². The lowest BCUT2D eigenvalue weighted by atomic mass is 10.0. The largest absolute Gasteiger partial charge is 0.279 e. The smallest absolute Gasteiger partial charge is 0.261 e. The summed E-state index contributed by atoms with van der Waals surface area (Å²) in [5.41, 5.74) is 3.82. The maximum atomic E-state index is 13.8. The Labute approximate surface area is 184 Å². The summed E-state index contributed by atoms with van der Waals surface area (Å²) in [6, 6.07) is 24.0. The SMILES string of the molecule is CCc1ccc2nc(N(Cc3cccnc3)C(=O)c3cccc4ccccc34)sc2c1. The Morgan fingerprint density at radius 3 is 2.68 bits per heavy atom. The third kappa shape index (κ3) is 3.80. The molecule has 0 atom stereocenters. The van der Waals surface area contributed by atoms with Crippen LogP contribution in [0.2, 0.25) is 0 Å². The number of hydrogen-bond donors (Lipinski definition) is 0. The van der Waals surface area contributed by atoms with Crippen molar-refractivity contribution in [2.24, 2.45) is 0 Å². The van der Waals surface area contributed by atoms with Crippen molar-refractivity contribution >= 4 is 43.4 Å². The molecule has 5 rings (SSSR count). The minimum atomic E-state index is -0.0598. The number of nitrogens with zero attached hydrogens (tertiary/aromatic N) is 3. The van der Waals surface area contributed by atoms with E-state index >= 15 is 0 Å². The Bertz CT molecular complexity index is 1370. The van der Waals surface area contributed by atoms with Crippen LogP contribution in [0, 0.1) is 0 Å².